The molecule has 0 radical (unpaired) electrons. The number of benzene rings is 3. The molecule has 0 aliphatic rings. The van der Waals surface area contributed by atoms with Crippen LogP contribution in [0.25, 0.3) is 0 Å². The number of aliphatic hydroxyl groups is 1. The topological polar surface area (TPSA) is 162 Å². The Bertz CT molecular complexity index is 1550. The number of halogens is 1. The van der Waals surface area contributed by atoms with Crippen molar-refractivity contribution in [2.45, 2.75) is 63.4 Å². The Balaban J connectivity index is 1.64. The largest absolute Gasteiger partial charge is 0.508 e. The van der Waals surface area contributed by atoms with Crippen molar-refractivity contribution in [1.29, 1.82) is 0 Å². The molecule has 6 N–H and O–H groups in total. The van der Waals surface area contributed by atoms with Gasteiger partial charge < -0.3 is 26.6 Å². The first-order chi connectivity index (χ1) is 21.3. The zero-order chi connectivity index (χ0) is 33.1. The number of carbonyl (C=O) groups is 2. The molecule has 0 fully saturated rings. The molecular weight excluding hydrogens is 660 g/mol. The molecule has 244 valence electrons. The maximum Gasteiger partial charge on any atom is 0.252 e. The highest BCUT2D eigenvalue weighted by Crippen LogP contribution is 2.24. The number of aryl methyl sites for hydroxylation is 1. The van der Waals surface area contributed by atoms with Gasteiger partial charge in [0.15, 0.2) is 0 Å². The van der Waals surface area contributed by atoms with Crippen molar-refractivity contribution in [3.8, 4) is 5.75 Å². The number of sulfonamides is 1. The lowest BCUT2D eigenvalue weighted by molar-refractivity contribution is -0.122. The zero-order valence-corrected chi connectivity index (χ0v) is 28.3. The Kier molecular flexibility index (Phi) is 13.4. The molecule has 0 aliphatic heterocycles. The van der Waals surface area contributed by atoms with E-state index in [1.807, 2.05) is 38.1 Å². The average molecular weight is 704 g/mol. The van der Waals surface area contributed by atoms with Crippen molar-refractivity contribution in [3.05, 3.63) is 87.9 Å². The maximum atomic E-state index is 13.5. The van der Waals surface area contributed by atoms with Crippen LogP contribution in [0.2, 0.25) is 0 Å². The number of rotatable bonds is 16. The maximum absolute atomic E-state index is 13.5. The fraction of sp³-hybridized carbons (Fsp3) is 0.394. The average Bonchev–Trinajstić information content (AvgIpc) is 3.00. The number of phenols is 1. The van der Waals surface area contributed by atoms with Gasteiger partial charge in [0.1, 0.15) is 11.8 Å². The molecule has 0 bridgehead atoms. The Labute approximate surface area is 274 Å². The fourth-order valence-electron chi connectivity index (χ4n) is 4.83. The number of phenolic OH excluding ortho intramolecular Hbond substituents is 1. The molecule has 2 amide bonds. The molecule has 0 heterocycles. The number of nitrogen functional groups attached to an aromatic ring is 1. The van der Waals surface area contributed by atoms with Crippen molar-refractivity contribution in [2.24, 2.45) is 5.92 Å². The van der Waals surface area contributed by atoms with E-state index in [4.69, 9.17) is 5.73 Å². The normalized spacial score (nSPS) is 13.0. The number of hydrogen-bond acceptors (Lipinski definition) is 7. The minimum atomic E-state index is -3.88. The van der Waals surface area contributed by atoms with Crippen molar-refractivity contribution in [2.75, 3.05) is 25.4 Å². The minimum Gasteiger partial charge on any atom is -0.508 e. The standard InChI is InChI=1S/C33H43BrN4O6S/c1-22(2)20-38(45(43,44)28-15-13-26(35)14-16-28)27(21-39)9-6-7-17-36-33(42)30(18-24-8-4-5-10-29(24)34)37-32(41)25-12-11-23(3)31(40)19-25/h4-5,8,10-16,19,22,27,30,39-40H,6-7,9,17-18,20-21,35H2,1-3H3,(H,36,42)(H,37,41)/t27-,30+/m0/s1. The van der Waals surface area contributed by atoms with E-state index in [0.717, 1.165) is 10.0 Å². The molecule has 2 atom stereocenters. The summed E-state index contributed by atoms with van der Waals surface area (Å²) in [5.41, 5.74) is 7.90. The monoisotopic (exact) mass is 702 g/mol. The summed E-state index contributed by atoms with van der Waals surface area (Å²) < 4.78 is 29.2. The van der Waals surface area contributed by atoms with E-state index >= 15 is 0 Å². The number of unbranched alkanes of at least 4 members (excludes halogenated alkanes) is 1. The summed E-state index contributed by atoms with van der Waals surface area (Å²) in [6, 6.07) is 16.5. The van der Waals surface area contributed by atoms with Gasteiger partial charge in [-0.15, -0.1) is 0 Å². The van der Waals surface area contributed by atoms with E-state index in [-0.39, 0.29) is 47.6 Å². The van der Waals surface area contributed by atoms with E-state index in [2.05, 4.69) is 26.6 Å². The lowest BCUT2D eigenvalue weighted by Gasteiger charge is -2.31. The smallest absolute Gasteiger partial charge is 0.252 e. The van der Waals surface area contributed by atoms with Crippen LogP contribution in [0.1, 0.15) is 54.6 Å². The molecule has 0 unspecified atom stereocenters. The summed E-state index contributed by atoms with van der Waals surface area (Å²) in [7, 11) is -3.88. The molecule has 3 aromatic carbocycles. The van der Waals surface area contributed by atoms with Crippen LogP contribution in [0.3, 0.4) is 0 Å². The highest BCUT2D eigenvalue weighted by Gasteiger charge is 2.31. The van der Waals surface area contributed by atoms with Gasteiger partial charge in [0.25, 0.3) is 5.91 Å². The van der Waals surface area contributed by atoms with Gasteiger partial charge in [-0.1, -0.05) is 60.5 Å². The van der Waals surface area contributed by atoms with Crippen LogP contribution in [0.5, 0.6) is 5.75 Å². The first-order valence-electron chi connectivity index (χ1n) is 14.9. The van der Waals surface area contributed by atoms with Gasteiger partial charge in [0.05, 0.1) is 11.5 Å². The van der Waals surface area contributed by atoms with Crippen LogP contribution in [0, 0.1) is 12.8 Å². The molecule has 0 spiro atoms. The molecule has 3 rings (SSSR count). The number of aromatic hydroxyl groups is 1. The van der Waals surface area contributed by atoms with Gasteiger partial charge in [0, 0.05) is 41.3 Å². The van der Waals surface area contributed by atoms with Gasteiger partial charge >= 0.3 is 0 Å². The second-order valence-corrected chi connectivity index (χ2v) is 14.2. The van der Waals surface area contributed by atoms with Crippen LogP contribution in [0.15, 0.2) is 76.1 Å². The van der Waals surface area contributed by atoms with E-state index in [0.29, 0.717) is 37.1 Å². The summed E-state index contributed by atoms with van der Waals surface area (Å²) >= 11 is 3.50. The number of anilines is 1. The van der Waals surface area contributed by atoms with Crippen molar-refractivity contribution < 1.29 is 28.2 Å². The molecule has 12 heteroatoms. The number of amides is 2. The molecule has 0 saturated carbocycles. The molecule has 0 aliphatic carbocycles. The summed E-state index contributed by atoms with van der Waals surface area (Å²) in [6.45, 7) is 5.75. The Hall–Kier alpha value is -3.45. The van der Waals surface area contributed by atoms with Gasteiger partial charge in [-0.3, -0.25) is 9.59 Å². The Morgan fingerprint density at radius 1 is 1.02 bits per heavy atom. The second-order valence-electron chi connectivity index (χ2n) is 11.5. The van der Waals surface area contributed by atoms with Gasteiger partial charge in [-0.25, -0.2) is 8.42 Å². The van der Waals surface area contributed by atoms with Crippen LogP contribution in [-0.4, -0.2) is 66.5 Å². The van der Waals surface area contributed by atoms with Gasteiger partial charge in [-0.05, 0) is 79.3 Å². The van der Waals surface area contributed by atoms with Crippen molar-refractivity contribution in [1.82, 2.24) is 14.9 Å². The Morgan fingerprint density at radius 2 is 1.71 bits per heavy atom. The molecule has 45 heavy (non-hydrogen) atoms. The highest BCUT2D eigenvalue weighted by molar-refractivity contribution is 9.10. The van der Waals surface area contributed by atoms with Crippen molar-refractivity contribution >= 4 is 43.5 Å². The Morgan fingerprint density at radius 3 is 2.33 bits per heavy atom. The van der Waals surface area contributed by atoms with E-state index in [1.54, 1.807) is 19.1 Å². The first kappa shape index (κ1) is 36.0. The third kappa shape index (κ3) is 10.3. The molecule has 3 aromatic rings. The summed E-state index contributed by atoms with van der Waals surface area (Å²) in [6.07, 6.45) is 1.69. The second kappa shape index (κ2) is 16.7. The summed E-state index contributed by atoms with van der Waals surface area (Å²) in [5.74, 6) is -0.844. The number of nitrogens with zero attached hydrogens (tertiary/aromatic N) is 1. The van der Waals surface area contributed by atoms with Crippen molar-refractivity contribution in [3.63, 3.8) is 0 Å². The predicted molar refractivity (Wildman–Crippen MR) is 179 cm³/mol. The minimum absolute atomic E-state index is 0.0103. The third-order valence-corrected chi connectivity index (χ3v) is 10.1. The van der Waals surface area contributed by atoms with Crippen LogP contribution < -0.4 is 16.4 Å². The third-order valence-electron chi connectivity index (χ3n) is 7.39. The number of nitrogens with two attached hydrogens (primary N) is 1. The molecule has 0 saturated heterocycles. The van der Waals surface area contributed by atoms with E-state index in [1.165, 1.54) is 34.6 Å². The lowest BCUT2D eigenvalue weighted by atomic mass is 10.0. The SMILES string of the molecule is Cc1ccc(C(=O)N[C@H](Cc2ccccc2Br)C(=O)NCCCC[C@@H](CO)N(CC(C)C)S(=O)(=O)c2ccc(N)cc2)cc1O. The lowest BCUT2D eigenvalue weighted by Crippen LogP contribution is -2.48. The highest BCUT2D eigenvalue weighted by atomic mass is 79.9. The molecular formula is C33H43BrN4O6S. The predicted octanol–water partition coefficient (Wildman–Crippen LogP) is 4.38. The van der Waals surface area contributed by atoms with Crippen LogP contribution in [-0.2, 0) is 21.2 Å². The van der Waals surface area contributed by atoms with E-state index in [9.17, 15) is 28.2 Å². The zero-order valence-electron chi connectivity index (χ0n) is 25.9. The number of nitrogens with one attached hydrogen (secondary N) is 2. The quantitative estimate of drug-likeness (QED) is 0.109. The first-order valence-corrected chi connectivity index (χ1v) is 17.2. The summed E-state index contributed by atoms with van der Waals surface area (Å²) in [5, 5.41) is 25.9. The fourth-order valence-corrected chi connectivity index (χ4v) is 7.09. The van der Waals surface area contributed by atoms with Crippen LogP contribution >= 0.6 is 15.9 Å². The number of carbonyl (C=O) groups excluding carboxylic acids is 2. The summed E-state index contributed by atoms with van der Waals surface area (Å²) in [4.78, 5) is 26.5. The molecule has 0 aromatic heterocycles. The van der Waals surface area contributed by atoms with E-state index < -0.39 is 28.0 Å². The number of hydrogen-bond donors (Lipinski definition) is 5. The number of aliphatic hydroxyl groups excluding tert-OH is 1. The van der Waals surface area contributed by atoms with Gasteiger partial charge in [0.2, 0.25) is 15.9 Å². The van der Waals surface area contributed by atoms with Gasteiger partial charge in [-0.2, -0.15) is 4.31 Å². The molecule has 10 nitrogen and oxygen atoms in total. The van der Waals surface area contributed by atoms with Crippen LogP contribution in [0.4, 0.5) is 5.69 Å².